The van der Waals surface area contributed by atoms with E-state index in [1.54, 1.807) is 0 Å². The van der Waals surface area contributed by atoms with E-state index in [1.165, 1.54) is 12.3 Å². The summed E-state index contributed by atoms with van der Waals surface area (Å²) in [6.45, 7) is 0. The fraction of sp³-hybridized carbons (Fsp3) is 0. The molecule has 0 amide bonds. The second-order valence-electron chi connectivity index (χ2n) is 2.83. The first-order valence-electron chi connectivity index (χ1n) is 3.95. The average Bonchev–Trinajstić information content (AvgIpc) is 2.62. The quantitative estimate of drug-likeness (QED) is 0.767. The predicted octanol–water partition coefficient (Wildman–Crippen LogP) is 2.86. The largest absolute Gasteiger partial charge is 0.367 e. The molecule has 6 heteroatoms. The van der Waals surface area contributed by atoms with Crippen molar-refractivity contribution in [2.45, 2.75) is 0 Å². The Morgan fingerprint density at radius 2 is 2.00 bits per heavy atom. The van der Waals surface area contributed by atoms with E-state index in [-0.39, 0.29) is 17.0 Å². The Bertz CT molecular complexity index is 513. The number of aromatic nitrogens is 1. The van der Waals surface area contributed by atoms with Gasteiger partial charge in [0.1, 0.15) is 10.8 Å². The number of nitrogen functional groups attached to an aromatic ring is 1. The van der Waals surface area contributed by atoms with E-state index in [9.17, 15) is 8.78 Å². The molecule has 0 aliphatic heterocycles. The van der Waals surface area contributed by atoms with Gasteiger partial charge in [-0.2, -0.15) is 0 Å². The Morgan fingerprint density at radius 1 is 1.27 bits per heavy atom. The number of benzene rings is 1. The molecule has 15 heavy (non-hydrogen) atoms. The normalized spacial score (nSPS) is 10.6. The van der Waals surface area contributed by atoms with Crippen molar-refractivity contribution in [2.75, 3.05) is 5.73 Å². The molecule has 0 unspecified atom stereocenters. The lowest BCUT2D eigenvalue weighted by molar-refractivity contribution is 0.436. The van der Waals surface area contributed by atoms with Gasteiger partial charge in [-0.3, -0.25) is 0 Å². The first kappa shape index (κ1) is 9.92. The van der Waals surface area contributed by atoms with Gasteiger partial charge in [-0.05, 0) is 12.1 Å². The first-order valence-corrected chi connectivity index (χ1v) is 4.33. The summed E-state index contributed by atoms with van der Waals surface area (Å²) in [5.74, 6) is -1.75. The van der Waals surface area contributed by atoms with E-state index < -0.39 is 16.7 Å². The third-order valence-electron chi connectivity index (χ3n) is 1.92. The standard InChI is InChI=1S/C9H5ClF2N2O/c10-7-6(11)2-1-4(8(7)12)5-3-14-15-9(5)13/h1-3H,13H2. The van der Waals surface area contributed by atoms with Gasteiger partial charge in [0.25, 0.3) is 0 Å². The van der Waals surface area contributed by atoms with Crippen molar-refractivity contribution in [1.82, 2.24) is 5.16 Å². The van der Waals surface area contributed by atoms with Crippen molar-refractivity contribution in [2.24, 2.45) is 0 Å². The fourth-order valence-corrected chi connectivity index (χ4v) is 1.35. The molecule has 0 atom stereocenters. The minimum Gasteiger partial charge on any atom is -0.367 e. The summed E-state index contributed by atoms with van der Waals surface area (Å²) in [6.07, 6.45) is 1.24. The zero-order valence-corrected chi connectivity index (χ0v) is 8.05. The maximum Gasteiger partial charge on any atom is 0.230 e. The molecule has 0 fully saturated rings. The lowest BCUT2D eigenvalue weighted by Crippen LogP contribution is -1.91. The summed E-state index contributed by atoms with van der Waals surface area (Å²) in [4.78, 5) is 0. The number of anilines is 1. The molecule has 0 aliphatic carbocycles. The fourth-order valence-electron chi connectivity index (χ4n) is 1.18. The van der Waals surface area contributed by atoms with Gasteiger partial charge in [-0.15, -0.1) is 0 Å². The second-order valence-corrected chi connectivity index (χ2v) is 3.20. The molecule has 0 radical (unpaired) electrons. The highest BCUT2D eigenvalue weighted by Crippen LogP contribution is 2.32. The maximum absolute atomic E-state index is 13.5. The van der Waals surface area contributed by atoms with E-state index in [0.717, 1.165) is 6.07 Å². The minimum atomic E-state index is -0.883. The van der Waals surface area contributed by atoms with Gasteiger partial charge >= 0.3 is 0 Å². The molecule has 3 nitrogen and oxygen atoms in total. The summed E-state index contributed by atoms with van der Waals surface area (Å²) in [6, 6.07) is 2.27. The molecular weight excluding hydrogens is 226 g/mol. The number of nitrogens with two attached hydrogens (primary N) is 1. The molecular formula is C9H5ClF2N2O. The molecule has 2 aromatic rings. The molecule has 0 saturated heterocycles. The van der Waals surface area contributed by atoms with Crippen LogP contribution >= 0.6 is 11.6 Å². The first-order chi connectivity index (χ1) is 7.11. The number of hydrogen-bond donors (Lipinski definition) is 1. The zero-order chi connectivity index (χ0) is 11.0. The van der Waals surface area contributed by atoms with E-state index >= 15 is 0 Å². The van der Waals surface area contributed by atoms with Crippen LogP contribution in [-0.2, 0) is 0 Å². The summed E-state index contributed by atoms with van der Waals surface area (Å²) in [7, 11) is 0. The van der Waals surface area contributed by atoms with Gasteiger partial charge < -0.3 is 10.3 Å². The van der Waals surface area contributed by atoms with Crippen LogP contribution in [0.2, 0.25) is 5.02 Å². The van der Waals surface area contributed by atoms with E-state index in [0.29, 0.717) is 0 Å². The van der Waals surface area contributed by atoms with Crippen molar-refractivity contribution in [3.05, 3.63) is 35.0 Å². The molecule has 78 valence electrons. The monoisotopic (exact) mass is 230 g/mol. The van der Waals surface area contributed by atoms with Crippen molar-refractivity contribution in [3.63, 3.8) is 0 Å². The van der Waals surface area contributed by atoms with Gasteiger partial charge in [-0.25, -0.2) is 8.78 Å². The van der Waals surface area contributed by atoms with Crippen LogP contribution in [0.4, 0.5) is 14.7 Å². The van der Waals surface area contributed by atoms with Crippen LogP contribution in [0.1, 0.15) is 0 Å². The number of rotatable bonds is 1. The molecule has 2 rings (SSSR count). The summed E-state index contributed by atoms with van der Waals surface area (Å²) in [5.41, 5.74) is 5.70. The van der Waals surface area contributed by atoms with E-state index in [4.69, 9.17) is 17.3 Å². The third-order valence-corrected chi connectivity index (χ3v) is 2.27. The SMILES string of the molecule is Nc1oncc1-c1ccc(F)c(Cl)c1F. The van der Waals surface area contributed by atoms with Gasteiger partial charge in [0.05, 0.1) is 11.8 Å². The molecule has 1 heterocycles. The molecule has 0 spiro atoms. The lowest BCUT2D eigenvalue weighted by atomic mass is 10.1. The number of hydrogen-bond acceptors (Lipinski definition) is 3. The molecule has 0 bridgehead atoms. The molecule has 1 aromatic heterocycles. The van der Waals surface area contributed by atoms with Crippen molar-refractivity contribution < 1.29 is 13.3 Å². The van der Waals surface area contributed by atoms with Crippen LogP contribution in [0.25, 0.3) is 11.1 Å². The van der Waals surface area contributed by atoms with Crippen LogP contribution in [0, 0.1) is 11.6 Å². The van der Waals surface area contributed by atoms with E-state index in [1.807, 2.05) is 0 Å². The van der Waals surface area contributed by atoms with Crippen LogP contribution in [-0.4, -0.2) is 5.16 Å². The summed E-state index contributed by atoms with van der Waals surface area (Å²) in [5, 5.41) is 2.81. The Kier molecular flexibility index (Phi) is 2.32. The number of nitrogens with zero attached hydrogens (tertiary/aromatic N) is 1. The smallest absolute Gasteiger partial charge is 0.230 e. The topological polar surface area (TPSA) is 52.0 Å². The van der Waals surface area contributed by atoms with Crippen molar-refractivity contribution >= 4 is 17.5 Å². The molecule has 2 N–H and O–H groups in total. The van der Waals surface area contributed by atoms with Crippen molar-refractivity contribution in [1.29, 1.82) is 0 Å². The van der Waals surface area contributed by atoms with Gasteiger partial charge in [0, 0.05) is 5.56 Å². The Morgan fingerprint density at radius 3 is 2.60 bits per heavy atom. The third kappa shape index (κ3) is 1.55. The Balaban J connectivity index is 2.65. The molecule has 1 aromatic carbocycles. The van der Waals surface area contributed by atoms with Crippen LogP contribution in [0.3, 0.4) is 0 Å². The summed E-state index contributed by atoms with van der Waals surface area (Å²) >= 11 is 5.41. The maximum atomic E-state index is 13.5. The van der Waals surface area contributed by atoms with Crippen molar-refractivity contribution in [3.8, 4) is 11.1 Å². The minimum absolute atomic E-state index is 0.0448. The van der Waals surface area contributed by atoms with Crippen LogP contribution < -0.4 is 5.73 Å². The number of halogens is 3. The predicted molar refractivity (Wildman–Crippen MR) is 51.3 cm³/mol. The van der Waals surface area contributed by atoms with Gasteiger partial charge in [0.2, 0.25) is 5.88 Å². The van der Waals surface area contributed by atoms with Gasteiger partial charge in [0.15, 0.2) is 5.82 Å². The zero-order valence-electron chi connectivity index (χ0n) is 7.30. The highest BCUT2D eigenvalue weighted by atomic mass is 35.5. The Labute approximate surface area is 88.4 Å². The van der Waals surface area contributed by atoms with Gasteiger partial charge in [-0.1, -0.05) is 16.8 Å². The molecule has 0 saturated carbocycles. The second kappa shape index (κ2) is 3.51. The highest BCUT2D eigenvalue weighted by Gasteiger charge is 2.16. The molecule has 0 aliphatic rings. The van der Waals surface area contributed by atoms with Crippen LogP contribution in [0.15, 0.2) is 22.9 Å². The van der Waals surface area contributed by atoms with E-state index in [2.05, 4.69) is 9.68 Å². The Hall–Kier alpha value is -1.62. The lowest BCUT2D eigenvalue weighted by Gasteiger charge is -2.02. The van der Waals surface area contributed by atoms with Crippen LogP contribution in [0.5, 0.6) is 0 Å². The highest BCUT2D eigenvalue weighted by molar-refractivity contribution is 6.31. The average molecular weight is 231 g/mol. The summed E-state index contributed by atoms with van der Waals surface area (Å²) < 4.78 is 30.9.